The van der Waals surface area contributed by atoms with E-state index in [2.05, 4.69) is 51.8 Å². The number of benzene rings is 1. The lowest BCUT2D eigenvalue weighted by Gasteiger charge is -2.11. The Morgan fingerprint density at radius 3 is 2.54 bits per heavy atom. The average molecular weight is 599 g/mol. The van der Waals surface area contributed by atoms with Gasteiger partial charge in [-0.2, -0.15) is 0 Å². The fraction of sp³-hybridized carbons (Fsp3) is 0.235. The standard InChI is InChI=1S/C17H15I2NO5S/c1-3-5-20-16(22)13(26-17(20)23)8-10-6-11(18)15(12(19)7-10)25-9-14(21)24-4-2/h3,6-8H,1,4-5,9H2,2H3/b13-8+. The van der Waals surface area contributed by atoms with Gasteiger partial charge in [0, 0.05) is 6.54 Å². The number of hydrogen-bond donors (Lipinski definition) is 0. The molecule has 1 saturated heterocycles. The zero-order chi connectivity index (χ0) is 19.3. The second-order valence-electron chi connectivity index (χ2n) is 4.99. The first-order valence-electron chi connectivity index (χ1n) is 7.51. The summed E-state index contributed by atoms with van der Waals surface area (Å²) in [5, 5.41) is -0.306. The number of carbonyl (C=O) groups excluding carboxylic acids is 3. The minimum absolute atomic E-state index is 0.167. The molecule has 1 aromatic carbocycles. The van der Waals surface area contributed by atoms with Gasteiger partial charge in [0.25, 0.3) is 11.1 Å². The molecule has 6 nitrogen and oxygen atoms in total. The van der Waals surface area contributed by atoms with Crippen LogP contribution in [0, 0.1) is 7.14 Å². The van der Waals surface area contributed by atoms with Gasteiger partial charge in [-0.25, -0.2) is 4.79 Å². The molecule has 26 heavy (non-hydrogen) atoms. The fourth-order valence-corrected chi connectivity index (χ4v) is 5.05. The van der Waals surface area contributed by atoms with Gasteiger partial charge in [0.1, 0.15) is 5.75 Å². The summed E-state index contributed by atoms with van der Waals surface area (Å²) >= 11 is 5.10. The van der Waals surface area contributed by atoms with Crippen LogP contribution in [0.25, 0.3) is 6.08 Å². The predicted octanol–water partition coefficient (Wildman–Crippen LogP) is 4.06. The van der Waals surface area contributed by atoms with Crippen LogP contribution in [0.4, 0.5) is 4.79 Å². The van der Waals surface area contributed by atoms with Crippen molar-refractivity contribution in [3.63, 3.8) is 0 Å². The SMILES string of the molecule is C=CCN1C(=O)S/C(=C/c2cc(I)c(OCC(=O)OCC)c(I)c2)C1=O. The van der Waals surface area contributed by atoms with Crippen LogP contribution in [0.3, 0.4) is 0 Å². The van der Waals surface area contributed by atoms with E-state index >= 15 is 0 Å². The predicted molar refractivity (Wildman–Crippen MR) is 117 cm³/mol. The highest BCUT2D eigenvalue weighted by Crippen LogP contribution is 2.34. The number of thioether (sulfide) groups is 1. The number of hydrogen-bond acceptors (Lipinski definition) is 6. The van der Waals surface area contributed by atoms with Gasteiger partial charge >= 0.3 is 5.97 Å². The molecule has 0 bridgehead atoms. The summed E-state index contributed by atoms with van der Waals surface area (Å²) < 4.78 is 12.0. The normalized spacial score (nSPS) is 15.5. The van der Waals surface area contributed by atoms with Gasteiger partial charge in [-0.1, -0.05) is 6.08 Å². The second-order valence-corrected chi connectivity index (χ2v) is 8.31. The summed E-state index contributed by atoms with van der Waals surface area (Å²) in [7, 11) is 0. The maximum Gasteiger partial charge on any atom is 0.344 e. The summed E-state index contributed by atoms with van der Waals surface area (Å²) in [6, 6.07) is 3.65. The van der Waals surface area contributed by atoms with Crippen molar-refractivity contribution < 1.29 is 23.9 Å². The molecule has 0 unspecified atom stereocenters. The number of ether oxygens (including phenoxy) is 2. The third-order valence-corrected chi connectivity index (χ3v) is 5.65. The summed E-state index contributed by atoms with van der Waals surface area (Å²) in [5.41, 5.74) is 0.770. The Kier molecular flexibility index (Phi) is 7.95. The van der Waals surface area contributed by atoms with Crippen molar-refractivity contribution in [3.05, 3.63) is 42.4 Å². The monoisotopic (exact) mass is 599 g/mol. The molecule has 2 rings (SSSR count). The van der Waals surface area contributed by atoms with Crippen molar-refractivity contribution in [1.82, 2.24) is 4.90 Å². The number of nitrogens with zero attached hydrogens (tertiary/aromatic N) is 1. The highest BCUT2D eigenvalue weighted by Gasteiger charge is 2.34. The van der Waals surface area contributed by atoms with Gasteiger partial charge in [0.05, 0.1) is 18.7 Å². The fourth-order valence-electron chi connectivity index (χ4n) is 2.07. The van der Waals surface area contributed by atoms with Crippen LogP contribution in [0.5, 0.6) is 5.75 Å². The molecule has 0 atom stereocenters. The zero-order valence-corrected chi connectivity index (χ0v) is 18.9. The average Bonchev–Trinajstić information content (AvgIpc) is 2.82. The molecule has 1 aliphatic rings. The summed E-state index contributed by atoms with van der Waals surface area (Å²) in [4.78, 5) is 37.1. The van der Waals surface area contributed by atoms with Gasteiger partial charge in [-0.05, 0) is 87.6 Å². The lowest BCUT2D eigenvalue weighted by atomic mass is 10.2. The molecule has 1 aromatic rings. The minimum Gasteiger partial charge on any atom is -0.480 e. The Morgan fingerprint density at radius 2 is 1.96 bits per heavy atom. The number of esters is 1. The summed E-state index contributed by atoms with van der Waals surface area (Å²) in [6.45, 7) is 5.61. The zero-order valence-electron chi connectivity index (χ0n) is 13.8. The van der Waals surface area contributed by atoms with Crippen LogP contribution in [-0.4, -0.2) is 41.8 Å². The van der Waals surface area contributed by atoms with Crippen LogP contribution >= 0.6 is 56.9 Å². The minimum atomic E-state index is -0.431. The van der Waals surface area contributed by atoms with E-state index in [9.17, 15) is 14.4 Å². The third kappa shape index (κ3) is 5.22. The maximum absolute atomic E-state index is 12.3. The largest absolute Gasteiger partial charge is 0.480 e. The van der Waals surface area contributed by atoms with E-state index in [-0.39, 0.29) is 24.3 Å². The van der Waals surface area contributed by atoms with Gasteiger partial charge in [0.2, 0.25) is 0 Å². The Hall–Kier alpha value is -1.08. The molecule has 1 fully saturated rings. The number of halogens is 2. The first kappa shape index (κ1) is 21.2. The first-order valence-corrected chi connectivity index (χ1v) is 10.5. The van der Waals surface area contributed by atoms with E-state index in [0.29, 0.717) is 17.3 Å². The molecule has 9 heteroatoms. The van der Waals surface area contributed by atoms with E-state index in [0.717, 1.165) is 29.4 Å². The molecule has 0 N–H and O–H groups in total. The number of rotatable bonds is 7. The molecular formula is C17H15I2NO5S. The van der Waals surface area contributed by atoms with Crippen LogP contribution in [0.1, 0.15) is 12.5 Å². The van der Waals surface area contributed by atoms with Gasteiger partial charge in [-0.15, -0.1) is 6.58 Å². The number of imide groups is 1. The summed E-state index contributed by atoms with van der Waals surface area (Å²) in [6.07, 6.45) is 3.19. The van der Waals surface area contributed by atoms with Gasteiger partial charge in [0.15, 0.2) is 6.61 Å². The van der Waals surface area contributed by atoms with Crippen molar-refractivity contribution in [3.8, 4) is 5.75 Å². The summed E-state index contributed by atoms with van der Waals surface area (Å²) in [5.74, 6) is -0.178. The Labute approximate surface area is 182 Å². The van der Waals surface area contributed by atoms with Crippen LogP contribution in [0.15, 0.2) is 29.7 Å². The molecular weight excluding hydrogens is 584 g/mol. The molecule has 0 saturated carbocycles. The molecule has 0 radical (unpaired) electrons. The number of amides is 2. The molecule has 0 aromatic heterocycles. The first-order chi connectivity index (χ1) is 12.4. The van der Waals surface area contributed by atoms with E-state index in [1.165, 1.54) is 6.08 Å². The Balaban J connectivity index is 2.19. The molecule has 0 aliphatic carbocycles. The van der Waals surface area contributed by atoms with Crippen LogP contribution in [-0.2, 0) is 14.3 Å². The van der Waals surface area contributed by atoms with Crippen molar-refractivity contribution in [2.24, 2.45) is 0 Å². The third-order valence-electron chi connectivity index (χ3n) is 3.14. The van der Waals surface area contributed by atoms with E-state index in [1.807, 2.05) is 12.1 Å². The van der Waals surface area contributed by atoms with Gasteiger partial charge in [-0.3, -0.25) is 14.5 Å². The van der Waals surface area contributed by atoms with E-state index in [1.54, 1.807) is 13.0 Å². The molecule has 2 amide bonds. The van der Waals surface area contributed by atoms with Crippen LogP contribution in [0.2, 0.25) is 0 Å². The highest BCUT2D eigenvalue weighted by molar-refractivity contribution is 14.1. The molecule has 1 aliphatic heterocycles. The Bertz CT molecular complexity index is 770. The molecule has 1 heterocycles. The topological polar surface area (TPSA) is 72.9 Å². The molecule has 138 valence electrons. The van der Waals surface area contributed by atoms with Crippen molar-refractivity contribution in [2.75, 3.05) is 19.8 Å². The molecule has 0 spiro atoms. The second kappa shape index (κ2) is 9.74. The van der Waals surface area contributed by atoms with E-state index < -0.39 is 5.97 Å². The van der Waals surface area contributed by atoms with Crippen molar-refractivity contribution in [2.45, 2.75) is 6.92 Å². The number of carbonyl (C=O) groups is 3. The van der Waals surface area contributed by atoms with Crippen molar-refractivity contribution in [1.29, 1.82) is 0 Å². The smallest absolute Gasteiger partial charge is 0.344 e. The van der Waals surface area contributed by atoms with Crippen LogP contribution < -0.4 is 4.74 Å². The quantitative estimate of drug-likeness (QED) is 0.204. The maximum atomic E-state index is 12.3. The lowest BCUT2D eigenvalue weighted by Crippen LogP contribution is -2.27. The van der Waals surface area contributed by atoms with Gasteiger partial charge < -0.3 is 9.47 Å². The lowest BCUT2D eigenvalue weighted by molar-refractivity contribution is -0.145. The van der Waals surface area contributed by atoms with Crippen molar-refractivity contribution >= 4 is 80.1 Å². The highest BCUT2D eigenvalue weighted by atomic mass is 127. The Morgan fingerprint density at radius 1 is 1.31 bits per heavy atom. The van der Waals surface area contributed by atoms with E-state index in [4.69, 9.17) is 9.47 Å².